The van der Waals surface area contributed by atoms with E-state index in [1.807, 2.05) is 0 Å². The van der Waals surface area contributed by atoms with Gasteiger partial charge in [0.25, 0.3) is 5.69 Å². The summed E-state index contributed by atoms with van der Waals surface area (Å²) < 4.78 is 15.7. The number of hydrogen-bond donors (Lipinski definition) is 0. The first-order valence-electron chi connectivity index (χ1n) is 6.71. The second kappa shape index (κ2) is 7.14. The Labute approximate surface area is 122 Å². The quantitative estimate of drug-likeness (QED) is 0.345. The zero-order chi connectivity index (χ0) is 15.2. The highest BCUT2D eigenvalue weighted by Crippen LogP contribution is 2.23. The van der Waals surface area contributed by atoms with Crippen molar-refractivity contribution in [3.63, 3.8) is 0 Å². The molecule has 7 nitrogen and oxygen atoms in total. The first-order valence-corrected chi connectivity index (χ1v) is 6.71. The maximum Gasteiger partial charge on any atom is 0.337 e. The molecule has 0 aromatic heterocycles. The van der Waals surface area contributed by atoms with E-state index in [-0.39, 0.29) is 24.1 Å². The fourth-order valence-corrected chi connectivity index (χ4v) is 2.11. The van der Waals surface area contributed by atoms with Crippen LogP contribution in [0.4, 0.5) is 5.69 Å². The maximum absolute atomic E-state index is 11.6. The van der Waals surface area contributed by atoms with Crippen LogP contribution < -0.4 is 4.74 Å². The molecule has 1 aliphatic rings. The van der Waals surface area contributed by atoms with E-state index in [0.717, 1.165) is 19.4 Å². The van der Waals surface area contributed by atoms with Crippen LogP contribution in [0.15, 0.2) is 18.2 Å². The van der Waals surface area contributed by atoms with Crippen molar-refractivity contribution in [3.8, 4) is 5.75 Å². The fourth-order valence-electron chi connectivity index (χ4n) is 2.11. The van der Waals surface area contributed by atoms with Gasteiger partial charge in [0, 0.05) is 18.2 Å². The van der Waals surface area contributed by atoms with Gasteiger partial charge in [0.15, 0.2) is 0 Å². The smallest absolute Gasteiger partial charge is 0.337 e. The number of carbonyl (C=O) groups excluding carboxylic acids is 1. The van der Waals surface area contributed by atoms with Gasteiger partial charge in [-0.15, -0.1) is 0 Å². The summed E-state index contributed by atoms with van der Waals surface area (Å²) in [6, 6.07) is 4.16. The molecular formula is C14H17NO6. The van der Waals surface area contributed by atoms with E-state index in [2.05, 4.69) is 0 Å². The Kier molecular flexibility index (Phi) is 5.24. The minimum Gasteiger partial charge on any atom is -0.425 e. The Morgan fingerprint density at radius 2 is 2.33 bits per heavy atom. The van der Waals surface area contributed by atoms with Gasteiger partial charge in [-0.25, -0.2) is 4.79 Å². The van der Waals surface area contributed by atoms with E-state index in [0.29, 0.717) is 12.2 Å². The SMILES string of the molecule is Cc1cc(OC(=O)COCC2CCCO2)ccc1[N+](=O)[O-]. The third-order valence-electron chi connectivity index (χ3n) is 3.14. The Balaban J connectivity index is 1.79. The van der Waals surface area contributed by atoms with Crippen molar-refractivity contribution in [2.75, 3.05) is 19.8 Å². The van der Waals surface area contributed by atoms with Crippen LogP contribution in [0.1, 0.15) is 18.4 Å². The number of benzene rings is 1. The van der Waals surface area contributed by atoms with Crippen LogP contribution in [-0.2, 0) is 14.3 Å². The molecule has 0 bridgehead atoms. The molecule has 0 spiro atoms. The van der Waals surface area contributed by atoms with E-state index in [1.54, 1.807) is 6.92 Å². The molecule has 1 aromatic rings. The average molecular weight is 295 g/mol. The van der Waals surface area contributed by atoms with Crippen molar-refractivity contribution >= 4 is 11.7 Å². The zero-order valence-electron chi connectivity index (χ0n) is 11.7. The third-order valence-corrected chi connectivity index (χ3v) is 3.14. The number of hydrogen-bond acceptors (Lipinski definition) is 6. The molecule has 1 aliphatic heterocycles. The summed E-state index contributed by atoms with van der Waals surface area (Å²) in [5, 5.41) is 10.7. The van der Waals surface area contributed by atoms with Crippen LogP contribution in [0.5, 0.6) is 5.75 Å². The molecule has 2 rings (SSSR count). The first kappa shape index (κ1) is 15.4. The lowest BCUT2D eigenvalue weighted by Gasteiger charge is -2.10. The Bertz CT molecular complexity index is 524. The Morgan fingerprint density at radius 3 is 2.95 bits per heavy atom. The maximum atomic E-state index is 11.6. The molecule has 1 aromatic carbocycles. The first-order chi connectivity index (χ1) is 10.1. The van der Waals surface area contributed by atoms with Gasteiger partial charge in [-0.2, -0.15) is 0 Å². The molecule has 0 radical (unpaired) electrons. The number of carbonyl (C=O) groups is 1. The summed E-state index contributed by atoms with van der Waals surface area (Å²) in [6.45, 7) is 2.52. The van der Waals surface area contributed by atoms with Gasteiger partial charge in [0.1, 0.15) is 12.4 Å². The van der Waals surface area contributed by atoms with E-state index in [1.165, 1.54) is 18.2 Å². The second-order valence-corrected chi connectivity index (χ2v) is 4.83. The molecule has 114 valence electrons. The van der Waals surface area contributed by atoms with Gasteiger partial charge in [0.05, 0.1) is 17.6 Å². The van der Waals surface area contributed by atoms with Gasteiger partial charge in [-0.1, -0.05) is 0 Å². The second-order valence-electron chi connectivity index (χ2n) is 4.83. The average Bonchev–Trinajstić information content (AvgIpc) is 2.91. The zero-order valence-corrected chi connectivity index (χ0v) is 11.7. The van der Waals surface area contributed by atoms with Gasteiger partial charge in [-0.3, -0.25) is 10.1 Å². The topological polar surface area (TPSA) is 87.9 Å². The van der Waals surface area contributed by atoms with E-state index >= 15 is 0 Å². The standard InChI is InChI=1S/C14H17NO6/c1-10-7-11(4-5-13(10)15(17)18)21-14(16)9-19-8-12-3-2-6-20-12/h4-5,7,12H,2-3,6,8-9H2,1H3. The largest absolute Gasteiger partial charge is 0.425 e. The van der Waals surface area contributed by atoms with Crippen molar-refractivity contribution in [1.82, 2.24) is 0 Å². The highest BCUT2D eigenvalue weighted by molar-refractivity contribution is 5.73. The predicted octanol–water partition coefficient (Wildman–Crippen LogP) is 2.00. The summed E-state index contributed by atoms with van der Waals surface area (Å²) in [5.41, 5.74) is 0.426. The highest BCUT2D eigenvalue weighted by Gasteiger charge is 2.17. The monoisotopic (exact) mass is 295 g/mol. The van der Waals surface area contributed by atoms with Gasteiger partial charge >= 0.3 is 5.97 Å². The van der Waals surface area contributed by atoms with Crippen LogP contribution in [0.2, 0.25) is 0 Å². The van der Waals surface area contributed by atoms with Crippen molar-refractivity contribution < 1.29 is 23.9 Å². The summed E-state index contributed by atoms with van der Waals surface area (Å²) in [6.07, 6.45) is 2.01. The van der Waals surface area contributed by atoms with Crippen LogP contribution in [0.25, 0.3) is 0 Å². The number of aryl methyl sites for hydroxylation is 1. The normalized spacial score (nSPS) is 17.7. The molecule has 21 heavy (non-hydrogen) atoms. The highest BCUT2D eigenvalue weighted by atomic mass is 16.6. The van der Waals surface area contributed by atoms with Crippen molar-refractivity contribution in [1.29, 1.82) is 0 Å². The number of nitro groups is 1. The number of nitro benzene ring substituents is 1. The van der Waals surface area contributed by atoms with E-state index in [9.17, 15) is 14.9 Å². The molecule has 1 heterocycles. The molecule has 1 unspecified atom stereocenters. The third kappa shape index (κ3) is 4.51. The van der Waals surface area contributed by atoms with Crippen molar-refractivity contribution in [3.05, 3.63) is 33.9 Å². The van der Waals surface area contributed by atoms with Crippen LogP contribution >= 0.6 is 0 Å². The minimum absolute atomic E-state index is 0.00979. The van der Waals surface area contributed by atoms with E-state index < -0.39 is 10.9 Å². The van der Waals surface area contributed by atoms with Crippen molar-refractivity contribution in [2.24, 2.45) is 0 Å². The summed E-state index contributed by atoms with van der Waals surface area (Å²) in [7, 11) is 0. The lowest BCUT2D eigenvalue weighted by atomic mass is 10.2. The fraction of sp³-hybridized carbons (Fsp3) is 0.500. The summed E-state index contributed by atoms with van der Waals surface area (Å²) >= 11 is 0. The Morgan fingerprint density at radius 1 is 1.52 bits per heavy atom. The molecule has 1 atom stereocenters. The lowest BCUT2D eigenvalue weighted by Crippen LogP contribution is -2.21. The molecule has 0 saturated carbocycles. The van der Waals surface area contributed by atoms with Crippen LogP contribution in [0.3, 0.4) is 0 Å². The summed E-state index contributed by atoms with van der Waals surface area (Å²) in [4.78, 5) is 21.8. The molecule has 0 N–H and O–H groups in total. The van der Waals surface area contributed by atoms with Gasteiger partial charge in [0.2, 0.25) is 0 Å². The number of rotatable bonds is 6. The molecule has 0 amide bonds. The van der Waals surface area contributed by atoms with Gasteiger partial charge < -0.3 is 14.2 Å². The Hall–Kier alpha value is -1.99. The minimum atomic E-state index is -0.541. The molecular weight excluding hydrogens is 278 g/mol. The summed E-state index contributed by atoms with van der Waals surface area (Å²) in [5.74, 6) is -0.273. The molecule has 7 heteroatoms. The number of nitrogens with zero attached hydrogens (tertiary/aromatic N) is 1. The molecule has 1 fully saturated rings. The van der Waals surface area contributed by atoms with Crippen molar-refractivity contribution in [2.45, 2.75) is 25.9 Å². The van der Waals surface area contributed by atoms with Crippen LogP contribution in [-0.4, -0.2) is 36.8 Å². The number of ether oxygens (including phenoxy) is 3. The van der Waals surface area contributed by atoms with Gasteiger partial charge in [-0.05, 0) is 31.9 Å². The van der Waals surface area contributed by atoms with Crippen LogP contribution in [0, 0.1) is 17.0 Å². The predicted molar refractivity (Wildman–Crippen MR) is 73.3 cm³/mol. The number of esters is 1. The molecule has 1 saturated heterocycles. The molecule has 0 aliphatic carbocycles. The lowest BCUT2D eigenvalue weighted by molar-refractivity contribution is -0.385. The van der Waals surface area contributed by atoms with E-state index in [4.69, 9.17) is 14.2 Å².